The first-order valence-electron chi connectivity index (χ1n) is 13.6. The Morgan fingerprint density at radius 3 is 2.10 bits per heavy atom. The van der Waals surface area contributed by atoms with Crippen LogP contribution in [-0.2, 0) is 5.41 Å². The lowest BCUT2D eigenvalue weighted by Gasteiger charge is -2.39. The quantitative estimate of drug-likeness (QED) is 0.210. The van der Waals surface area contributed by atoms with Crippen LogP contribution in [0.2, 0.25) is 0 Å². The Kier molecular flexibility index (Phi) is 4.51. The first-order chi connectivity index (χ1) is 20.3. The number of hydrogen-bond acceptors (Lipinski definition) is 4. The first kappa shape index (κ1) is 22.6. The second kappa shape index (κ2) is 8.17. The standard InChI is InChI=1S/C36H20N4S/c37-21-22-13-16-31-25(19-22)24-7-1-3-11-30(24)40(31)23-14-15-27-33(20-23)41-32-12-4-2-8-26(32)36(27)28-9-5-17-38-34(28)35-29(36)10-6-18-39-35/h1-20H. The van der Waals surface area contributed by atoms with E-state index in [0.29, 0.717) is 5.56 Å². The fourth-order valence-corrected chi connectivity index (χ4v) is 8.24. The van der Waals surface area contributed by atoms with Crippen molar-refractivity contribution in [2.45, 2.75) is 15.2 Å². The minimum atomic E-state index is -0.495. The van der Waals surface area contributed by atoms with Crippen LogP contribution in [0.5, 0.6) is 0 Å². The summed E-state index contributed by atoms with van der Waals surface area (Å²) < 4.78 is 2.32. The zero-order valence-corrected chi connectivity index (χ0v) is 22.6. The smallest absolute Gasteiger partial charge is 0.0991 e. The molecule has 4 heterocycles. The SMILES string of the molecule is N#Cc1ccc2c(c1)c1ccccc1n2-c1ccc2c(c1)Sc1ccccc1C21c2cccnc2-c2ncccc21. The molecule has 5 heteroatoms. The Bertz CT molecular complexity index is 2230. The summed E-state index contributed by atoms with van der Waals surface area (Å²) in [5.41, 5.74) is 10.3. The third-order valence-corrected chi connectivity index (χ3v) is 9.72. The van der Waals surface area contributed by atoms with E-state index in [9.17, 15) is 5.26 Å². The van der Waals surface area contributed by atoms with Crippen molar-refractivity contribution in [3.63, 3.8) is 0 Å². The molecule has 0 saturated carbocycles. The second-order valence-corrected chi connectivity index (χ2v) is 11.6. The molecule has 0 fully saturated rings. The Labute approximate surface area is 240 Å². The number of para-hydroxylation sites is 1. The maximum absolute atomic E-state index is 9.58. The number of hydrogen-bond donors (Lipinski definition) is 0. The van der Waals surface area contributed by atoms with Crippen LogP contribution in [0.4, 0.5) is 0 Å². The molecule has 1 aliphatic heterocycles. The van der Waals surface area contributed by atoms with Crippen LogP contribution in [0.3, 0.4) is 0 Å². The highest BCUT2D eigenvalue weighted by atomic mass is 32.2. The van der Waals surface area contributed by atoms with Gasteiger partial charge in [-0.2, -0.15) is 5.26 Å². The van der Waals surface area contributed by atoms with Crippen LogP contribution >= 0.6 is 11.8 Å². The van der Waals surface area contributed by atoms with Crippen molar-refractivity contribution in [3.05, 3.63) is 149 Å². The minimum Gasteiger partial charge on any atom is -0.309 e. The van der Waals surface area contributed by atoms with Crippen molar-refractivity contribution in [2.24, 2.45) is 0 Å². The number of nitriles is 1. The number of fused-ring (bicyclic) bond motifs is 12. The minimum absolute atomic E-state index is 0.495. The highest BCUT2D eigenvalue weighted by Crippen LogP contribution is 2.61. The summed E-state index contributed by atoms with van der Waals surface area (Å²) in [5, 5.41) is 11.8. The van der Waals surface area contributed by atoms with E-state index in [1.54, 1.807) is 0 Å². The van der Waals surface area contributed by atoms with Gasteiger partial charge in [0.05, 0.1) is 39.5 Å². The summed E-state index contributed by atoms with van der Waals surface area (Å²) in [5.74, 6) is 0. The summed E-state index contributed by atoms with van der Waals surface area (Å²) in [6, 6.07) is 40.8. The van der Waals surface area contributed by atoms with Gasteiger partial charge in [-0.3, -0.25) is 9.97 Å². The second-order valence-electron chi connectivity index (χ2n) is 10.5. The van der Waals surface area contributed by atoms with Crippen molar-refractivity contribution < 1.29 is 0 Å². The van der Waals surface area contributed by atoms with Crippen LogP contribution in [0.25, 0.3) is 38.9 Å². The molecule has 0 unspecified atom stereocenters. The third-order valence-electron chi connectivity index (χ3n) is 8.59. The number of nitrogens with zero attached hydrogens (tertiary/aromatic N) is 4. The van der Waals surface area contributed by atoms with E-state index in [1.807, 2.05) is 48.4 Å². The van der Waals surface area contributed by atoms with E-state index in [0.717, 1.165) is 38.9 Å². The molecule has 0 saturated heterocycles. The number of aromatic nitrogens is 3. The van der Waals surface area contributed by atoms with Crippen molar-refractivity contribution in [1.29, 1.82) is 5.26 Å². The Hall–Kier alpha value is -5.18. The van der Waals surface area contributed by atoms with Crippen LogP contribution in [-0.4, -0.2) is 14.5 Å². The maximum atomic E-state index is 9.58. The lowest BCUT2D eigenvalue weighted by atomic mass is 9.67. The van der Waals surface area contributed by atoms with Gasteiger partial charge in [0.25, 0.3) is 0 Å². The molecule has 0 N–H and O–H groups in total. The maximum Gasteiger partial charge on any atom is 0.0991 e. The van der Waals surface area contributed by atoms with E-state index >= 15 is 0 Å². The number of benzene rings is 4. The fraction of sp³-hybridized carbons (Fsp3) is 0.0278. The predicted octanol–water partition coefficient (Wildman–Crippen LogP) is 8.27. The molecule has 2 aliphatic rings. The molecule has 0 radical (unpaired) electrons. The summed E-state index contributed by atoms with van der Waals surface area (Å²) in [4.78, 5) is 12.1. The highest BCUT2D eigenvalue weighted by Gasteiger charge is 2.51. The number of pyridine rings is 2. The first-order valence-corrected chi connectivity index (χ1v) is 14.4. The summed E-state index contributed by atoms with van der Waals surface area (Å²) in [6.45, 7) is 0. The van der Waals surface area contributed by atoms with E-state index in [1.165, 1.54) is 32.0 Å². The van der Waals surface area contributed by atoms with Crippen molar-refractivity contribution in [3.8, 4) is 23.1 Å². The van der Waals surface area contributed by atoms with Gasteiger partial charge in [0.15, 0.2) is 0 Å². The zero-order chi connectivity index (χ0) is 27.1. The predicted molar refractivity (Wildman–Crippen MR) is 163 cm³/mol. The van der Waals surface area contributed by atoms with Crippen molar-refractivity contribution in [1.82, 2.24) is 14.5 Å². The van der Waals surface area contributed by atoms with Crippen LogP contribution in [0.1, 0.15) is 27.8 Å². The lowest BCUT2D eigenvalue weighted by molar-refractivity contribution is 0.719. The molecule has 0 atom stereocenters. The van der Waals surface area contributed by atoms with E-state index in [4.69, 9.17) is 9.97 Å². The molecule has 4 aromatic carbocycles. The Balaban J connectivity index is 1.36. The molecule has 190 valence electrons. The Morgan fingerprint density at radius 1 is 0.610 bits per heavy atom. The van der Waals surface area contributed by atoms with Gasteiger partial charge in [-0.05, 0) is 76.9 Å². The van der Waals surface area contributed by atoms with Gasteiger partial charge in [-0.15, -0.1) is 0 Å². The molecule has 0 amide bonds. The molecule has 0 bridgehead atoms. The van der Waals surface area contributed by atoms with Gasteiger partial charge in [-0.25, -0.2) is 0 Å². The molecule has 9 rings (SSSR count). The van der Waals surface area contributed by atoms with Crippen LogP contribution < -0.4 is 0 Å². The molecular formula is C36H20N4S. The van der Waals surface area contributed by atoms with Crippen LogP contribution in [0.15, 0.2) is 131 Å². The van der Waals surface area contributed by atoms with Gasteiger partial charge in [0.1, 0.15) is 0 Å². The van der Waals surface area contributed by atoms with E-state index in [-0.39, 0.29) is 0 Å². The summed E-state index contributed by atoms with van der Waals surface area (Å²) in [7, 11) is 0. The molecule has 41 heavy (non-hydrogen) atoms. The zero-order valence-electron chi connectivity index (χ0n) is 21.7. The average Bonchev–Trinajstić information content (AvgIpc) is 3.52. The van der Waals surface area contributed by atoms with Crippen molar-refractivity contribution >= 4 is 33.6 Å². The summed E-state index contributed by atoms with van der Waals surface area (Å²) >= 11 is 1.82. The van der Waals surface area contributed by atoms with Crippen molar-refractivity contribution in [2.75, 3.05) is 0 Å². The fourth-order valence-electron chi connectivity index (χ4n) is 7.01. The molecule has 4 nitrogen and oxygen atoms in total. The normalized spacial score (nSPS) is 13.9. The average molecular weight is 541 g/mol. The lowest BCUT2D eigenvalue weighted by Crippen LogP contribution is -2.32. The van der Waals surface area contributed by atoms with Gasteiger partial charge in [0, 0.05) is 38.6 Å². The van der Waals surface area contributed by atoms with Gasteiger partial charge in [-0.1, -0.05) is 66.4 Å². The monoisotopic (exact) mass is 540 g/mol. The molecule has 1 aliphatic carbocycles. The van der Waals surface area contributed by atoms with Gasteiger partial charge in [0.2, 0.25) is 0 Å². The molecule has 1 spiro atoms. The molecule has 3 aromatic heterocycles. The third kappa shape index (κ3) is 2.84. The Morgan fingerprint density at radius 2 is 1.29 bits per heavy atom. The largest absolute Gasteiger partial charge is 0.309 e. The van der Waals surface area contributed by atoms with Gasteiger partial charge < -0.3 is 4.57 Å². The van der Waals surface area contributed by atoms with E-state index < -0.39 is 5.41 Å². The van der Waals surface area contributed by atoms with E-state index in [2.05, 4.69) is 95.6 Å². The molecule has 7 aromatic rings. The van der Waals surface area contributed by atoms with Crippen LogP contribution in [0, 0.1) is 11.3 Å². The summed E-state index contributed by atoms with van der Waals surface area (Å²) in [6.07, 6.45) is 3.73. The van der Waals surface area contributed by atoms with Gasteiger partial charge >= 0.3 is 0 Å². The molecular weight excluding hydrogens is 520 g/mol. The topological polar surface area (TPSA) is 54.5 Å². The number of rotatable bonds is 1. The highest BCUT2D eigenvalue weighted by molar-refractivity contribution is 7.99.